The molecular formula is C21H32FN3O5S. The molecule has 0 aromatic heterocycles. The number of anilines is 1. The van der Waals surface area contributed by atoms with E-state index in [1.165, 1.54) is 25.1 Å². The third kappa shape index (κ3) is 7.86. The molecule has 1 aromatic carbocycles. The van der Waals surface area contributed by atoms with Crippen LogP contribution in [-0.4, -0.2) is 58.6 Å². The van der Waals surface area contributed by atoms with Gasteiger partial charge in [0.15, 0.2) is 0 Å². The number of sulfone groups is 1. The Bertz CT molecular complexity index is 887. The molecule has 0 spiro atoms. The highest BCUT2D eigenvalue weighted by Crippen LogP contribution is 2.29. The Balaban J connectivity index is 2.28. The highest BCUT2D eigenvalue weighted by Gasteiger charge is 2.34. The normalized spacial score (nSPS) is 17.0. The second kappa shape index (κ2) is 11.0. The van der Waals surface area contributed by atoms with Crippen molar-refractivity contribution in [1.82, 2.24) is 5.32 Å². The van der Waals surface area contributed by atoms with Crippen molar-refractivity contribution in [2.24, 2.45) is 5.92 Å². The smallest absolute Gasteiger partial charge is 0.227 e. The summed E-state index contributed by atoms with van der Waals surface area (Å²) in [5, 5.41) is 13.8. The van der Waals surface area contributed by atoms with Crippen molar-refractivity contribution in [3.05, 3.63) is 29.6 Å². The molecule has 1 fully saturated rings. The summed E-state index contributed by atoms with van der Waals surface area (Å²) in [6, 6.07) is 4.07. The molecule has 8 nitrogen and oxygen atoms in total. The number of benzene rings is 1. The lowest BCUT2D eigenvalue weighted by molar-refractivity contribution is -0.122. The summed E-state index contributed by atoms with van der Waals surface area (Å²) in [6.45, 7) is 5.20. The van der Waals surface area contributed by atoms with E-state index in [1.807, 2.05) is 6.92 Å². The maximum absolute atomic E-state index is 14.8. The molecule has 0 aliphatic carbocycles. The number of carbonyl (C=O) groups excluding carboxylic acids is 1. The molecule has 10 heteroatoms. The number of hydrogen-bond acceptors (Lipinski definition) is 6. The summed E-state index contributed by atoms with van der Waals surface area (Å²) in [7, 11) is -3.53. The molecule has 1 amide bonds. The fourth-order valence-corrected chi connectivity index (χ4v) is 4.93. The van der Waals surface area contributed by atoms with E-state index in [0.717, 1.165) is 6.26 Å². The largest absolute Gasteiger partial charge is 0.381 e. The fraction of sp³-hybridized carbons (Fsp3) is 0.619. The predicted molar refractivity (Wildman–Crippen MR) is 118 cm³/mol. The van der Waals surface area contributed by atoms with E-state index in [4.69, 9.17) is 14.9 Å². The maximum Gasteiger partial charge on any atom is 0.227 e. The Morgan fingerprint density at radius 3 is 2.65 bits per heavy atom. The molecule has 31 heavy (non-hydrogen) atoms. The SMILES string of the molecule is CCOCCC(=N)N[C@@](C)(CS(C)(=O)=O)c1cc(NC(=O)C2CCOCC2)ccc1F. The van der Waals surface area contributed by atoms with Crippen LogP contribution in [0.15, 0.2) is 18.2 Å². The first-order valence-electron chi connectivity index (χ1n) is 10.3. The average molecular weight is 458 g/mol. The third-order valence-corrected chi connectivity index (χ3v) is 6.20. The molecule has 1 saturated heterocycles. The topological polar surface area (TPSA) is 118 Å². The maximum atomic E-state index is 14.8. The number of amidine groups is 1. The lowest BCUT2D eigenvalue weighted by Gasteiger charge is -2.32. The lowest BCUT2D eigenvalue weighted by Crippen LogP contribution is -2.48. The van der Waals surface area contributed by atoms with Crippen LogP contribution in [0.25, 0.3) is 0 Å². The Kier molecular flexibility index (Phi) is 8.96. The average Bonchev–Trinajstić information content (AvgIpc) is 2.68. The van der Waals surface area contributed by atoms with Crippen LogP contribution in [0, 0.1) is 17.1 Å². The molecule has 174 valence electrons. The van der Waals surface area contributed by atoms with Crippen LogP contribution >= 0.6 is 0 Å². The summed E-state index contributed by atoms with van der Waals surface area (Å²) in [5.41, 5.74) is -0.973. The molecule has 1 aliphatic heterocycles. The standard InChI is InChI=1S/C21H32FN3O5S/c1-4-29-12-9-19(23)25-21(2,14-31(3,27)28)17-13-16(5-6-18(17)22)24-20(26)15-7-10-30-11-8-15/h5-6,13,15H,4,7-12,14H2,1-3H3,(H2,23,25)(H,24,26)/t21-/m0/s1. The first-order chi connectivity index (χ1) is 14.5. The van der Waals surface area contributed by atoms with Crippen LogP contribution < -0.4 is 10.6 Å². The van der Waals surface area contributed by atoms with Gasteiger partial charge in [0.25, 0.3) is 0 Å². The van der Waals surface area contributed by atoms with Gasteiger partial charge in [-0.25, -0.2) is 12.8 Å². The highest BCUT2D eigenvalue weighted by atomic mass is 32.2. The van der Waals surface area contributed by atoms with Gasteiger partial charge in [0.05, 0.1) is 23.7 Å². The van der Waals surface area contributed by atoms with Gasteiger partial charge in [0, 0.05) is 49.7 Å². The molecule has 0 unspecified atom stereocenters. The second-order valence-electron chi connectivity index (χ2n) is 8.02. The number of ether oxygens (including phenoxy) is 2. The van der Waals surface area contributed by atoms with Crippen LogP contribution in [0.2, 0.25) is 0 Å². The zero-order valence-electron chi connectivity index (χ0n) is 18.3. The molecular weight excluding hydrogens is 425 g/mol. The Morgan fingerprint density at radius 1 is 1.35 bits per heavy atom. The minimum Gasteiger partial charge on any atom is -0.381 e. The molecule has 1 heterocycles. The van der Waals surface area contributed by atoms with E-state index in [2.05, 4.69) is 10.6 Å². The van der Waals surface area contributed by atoms with Gasteiger partial charge >= 0.3 is 0 Å². The molecule has 3 N–H and O–H groups in total. The molecule has 0 bridgehead atoms. The van der Waals surface area contributed by atoms with Crippen molar-refractivity contribution in [3.63, 3.8) is 0 Å². The summed E-state index contributed by atoms with van der Waals surface area (Å²) in [6.07, 6.45) is 2.52. The molecule has 0 saturated carbocycles. The van der Waals surface area contributed by atoms with E-state index in [1.54, 1.807) is 0 Å². The van der Waals surface area contributed by atoms with Crippen molar-refractivity contribution in [2.75, 3.05) is 43.8 Å². The number of hydrogen-bond donors (Lipinski definition) is 3. The number of nitrogens with one attached hydrogen (secondary N) is 3. The van der Waals surface area contributed by atoms with Crippen molar-refractivity contribution in [3.8, 4) is 0 Å². The monoisotopic (exact) mass is 457 g/mol. The van der Waals surface area contributed by atoms with Gasteiger partial charge in [-0.05, 0) is 44.9 Å². The van der Waals surface area contributed by atoms with Crippen LogP contribution in [0.4, 0.5) is 10.1 Å². The second-order valence-corrected chi connectivity index (χ2v) is 10.2. The minimum atomic E-state index is -3.53. The first-order valence-corrected chi connectivity index (χ1v) is 12.4. The third-order valence-electron chi connectivity index (χ3n) is 5.10. The Hall–Kier alpha value is -2.04. The van der Waals surface area contributed by atoms with Crippen molar-refractivity contribution < 1.29 is 27.1 Å². The predicted octanol–water partition coefficient (Wildman–Crippen LogP) is 2.44. The number of halogens is 1. The summed E-state index contributed by atoms with van der Waals surface area (Å²) in [5.74, 6) is -1.38. The zero-order valence-corrected chi connectivity index (χ0v) is 19.1. The van der Waals surface area contributed by atoms with E-state index in [-0.39, 0.29) is 29.6 Å². The van der Waals surface area contributed by atoms with Gasteiger partial charge < -0.3 is 20.1 Å². The van der Waals surface area contributed by atoms with Crippen LogP contribution in [0.3, 0.4) is 0 Å². The summed E-state index contributed by atoms with van der Waals surface area (Å²) >= 11 is 0. The van der Waals surface area contributed by atoms with Gasteiger partial charge in [-0.1, -0.05) is 0 Å². The molecule has 0 radical (unpaired) electrons. The zero-order chi connectivity index (χ0) is 23.1. The number of carbonyl (C=O) groups is 1. The minimum absolute atomic E-state index is 0.0376. The van der Waals surface area contributed by atoms with Gasteiger partial charge in [0.1, 0.15) is 15.7 Å². The van der Waals surface area contributed by atoms with Gasteiger partial charge in [-0.2, -0.15) is 0 Å². The molecule has 2 rings (SSSR count). The highest BCUT2D eigenvalue weighted by molar-refractivity contribution is 7.90. The van der Waals surface area contributed by atoms with Crippen molar-refractivity contribution in [2.45, 2.75) is 38.6 Å². The van der Waals surface area contributed by atoms with Gasteiger partial charge in [-0.15, -0.1) is 0 Å². The lowest BCUT2D eigenvalue weighted by atomic mass is 9.92. The van der Waals surface area contributed by atoms with Crippen LogP contribution in [0.5, 0.6) is 0 Å². The summed E-state index contributed by atoms with van der Waals surface area (Å²) in [4.78, 5) is 12.5. The number of amides is 1. The van der Waals surface area contributed by atoms with E-state index < -0.39 is 26.9 Å². The first kappa shape index (κ1) is 25.2. The van der Waals surface area contributed by atoms with E-state index in [0.29, 0.717) is 45.0 Å². The molecule has 1 aromatic rings. The Morgan fingerprint density at radius 2 is 2.03 bits per heavy atom. The van der Waals surface area contributed by atoms with Crippen molar-refractivity contribution >= 4 is 27.3 Å². The Labute approximate surface area is 183 Å². The van der Waals surface area contributed by atoms with E-state index in [9.17, 15) is 17.6 Å². The fourth-order valence-electron chi connectivity index (χ4n) is 3.65. The molecule has 1 atom stereocenters. The van der Waals surface area contributed by atoms with Gasteiger partial charge in [0.2, 0.25) is 5.91 Å². The summed E-state index contributed by atoms with van der Waals surface area (Å²) < 4.78 is 49.6. The van der Waals surface area contributed by atoms with E-state index >= 15 is 0 Å². The van der Waals surface area contributed by atoms with Crippen LogP contribution in [-0.2, 0) is 29.6 Å². The molecule has 1 aliphatic rings. The quantitative estimate of drug-likeness (QED) is 0.282. The van der Waals surface area contributed by atoms with Crippen molar-refractivity contribution in [1.29, 1.82) is 5.41 Å². The van der Waals surface area contributed by atoms with Crippen LogP contribution in [0.1, 0.15) is 38.7 Å². The number of rotatable bonds is 10. The van der Waals surface area contributed by atoms with Gasteiger partial charge in [-0.3, -0.25) is 10.2 Å².